The van der Waals surface area contributed by atoms with Gasteiger partial charge >= 0.3 is 12.0 Å². The molecule has 1 aliphatic heterocycles. The average molecular weight is 362 g/mol. The van der Waals surface area contributed by atoms with E-state index in [-0.39, 0.29) is 12.0 Å². The zero-order valence-electron chi connectivity index (χ0n) is 16.0. The van der Waals surface area contributed by atoms with Crippen LogP contribution in [-0.2, 0) is 4.74 Å². The quantitative estimate of drug-likeness (QED) is 0.751. The molecule has 0 radical (unpaired) electrons. The topological polar surface area (TPSA) is 65.1 Å². The molecule has 144 valence electrons. The average Bonchev–Trinajstić information content (AvgIpc) is 2.63. The molecular formula is C19H30N4O3. The van der Waals surface area contributed by atoms with Crippen molar-refractivity contribution in [3.05, 3.63) is 29.8 Å². The van der Waals surface area contributed by atoms with Crippen molar-refractivity contribution >= 4 is 17.7 Å². The molecule has 7 heteroatoms. The van der Waals surface area contributed by atoms with Gasteiger partial charge in [0.15, 0.2) is 0 Å². The molecule has 0 saturated carbocycles. The molecule has 0 unspecified atom stereocenters. The second-order valence-electron chi connectivity index (χ2n) is 6.71. The molecule has 1 aromatic carbocycles. The standard InChI is InChI=1S/C19H30N4O3/c1-4-26-18(24)16-6-8-17(9-7-16)20-19(25)23-14-12-22(13-15-23)11-5-10-21(2)3/h6-9H,4-5,10-15H2,1-3H3,(H,20,25). The molecule has 0 atom stereocenters. The number of esters is 1. The van der Waals surface area contributed by atoms with Gasteiger partial charge in [-0.15, -0.1) is 0 Å². The summed E-state index contributed by atoms with van der Waals surface area (Å²) in [6.07, 6.45) is 1.14. The number of rotatable bonds is 7. The fourth-order valence-electron chi connectivity index (χ4n) is 2.89. The third kappa shape index (κ3) is 6.31. The van der Waals surface area contributed by atoms with Crippen LogP contribution in [0, 0.1) is 0 Å². The number of urea groups is 1. The Morgan fingerprint density at radius 3 is 2.35 bits per heavy atom. The van der Waals surface area contributed by atoms with Crippen LogP contribution in [-0.4, -0.2) is 86.7 Å². The zero-order chi connectivity index (χ0) is 18.9. The Hall–Kier alpha value is -2.12. The highest BCUT2D eigenvalue weighted by molar-refractivity contribution is 5.92. The number of carbonyl (C=O) groups is 2. The highest BCUT2D eigenvalue weighted by atomic mass is 16.5. The van der Waals surface area contributed by atoms with Gasteiger partial charge in [-0.05, 0) is 64.8 Å². The number of piperazine rings is 1. The molecule has 1 saturated heterocycles. The Bertz CT molecular complexity index is 581. The van der Waals surface area contributed by atoms with Crippen molar-refractivity contribution in [1.29, 1.82) is 0 Å². The number of carbonyl (C=O) groups excluding carboxylic acids is 2. The summed E-state index contributed by atoms with van der Waals surface area (Å²) in [4.78, 5) is 30.5. The third-order valence-corrected chi connectivity index (χ3v) is 4.39. The number of nitrogens with zero attached hydrogens (tertiary/aromatic N) is 3. The number of anilines is 1. The van der Waals surface area contributed by atoms with Crippen molar-refractivity contribution < 1.29 is 14.3 Å². The first kappa shape index (κ1) is 20.2. The minimum absolute atomic E-state index is 0.0955. The van der Waals surface area contributed by atoms with Crippen LogP contribution in [0.4, 0.5) is 10.5 Å². The first-order valence-corrected chi connectivity index (χ1v) is 9.19. The third-order valence-electron chi connectivity index (χ3n) is 4.39. The monoisotopic (exact) mass is 362 g/mol. The summed E-state index contributed by atoms with van der Waals surface area (Å²) in [5.41, 5.74) is 1.16. The van der Waals surface area contributed by atoms with Gasteiger partial charge in [-0.1, -0.05) is 0 Å². The van der Waals surface area contributed by atoms with Gasteiger partial charge in [-0.25, -0.2) is 9.59 Å². The molecule has 1 aromatic rings. The molecule has 7 nitrogen and oxygen atoms in total. The van der Waals surface area contributed by atoms with Gasteiger partial charge < -0.3 is 19.9 Å². The summed E-state index contributed by atoms with van der Waals surface area (Å²) in [5, 5.41) is 2.89. The molecule has 1 N–H and O–H groups in total. The summed E-state index contributed by atoms with van der Waals surface area (Å²) in [6, 6.07) is 6.68. The first-order chi connectivity index (χ1) is 12.5. The second kappa shape index (κ2) is 10.1. The minimum atomic E-state index is -0.351. The van der Waals surface area contributed by atoms with Crippen molar-refractivity contribution in [2.75, 3.05) is 65.3 Å². The number of benzene rings is 1. The largest absolute Gasteiger partial charge is 0.462 e. The molecule has 1 aliphatic rings. The lowest BCUT2D eigenvalue weighted by Crippen LogP contribution is -2.50. The maximum Gasteiger partial charge on any atom is 0.338 e. The zero-order valence-corrected chi connectivity index (χ0v) is 16.0. The number of amides is 2. The summed E-state index contributed by atoms with van der Waals surface area (Å²) < 4.78 is 4.95. The Morgan fingerprint density at radius 1 is 1.12 bits per heavy atom. The van der Waals surface area contributed by atoms with Crippen molar-refractivity contribution in [3.8, 4) is 0 Å². The first-order valence-electron chi connectivity index (χ1n) is 9.19. The van der Waals surface area contributed by atoms with Crippen LogP contribution < -0.4 is 5.32 Å². The summed E-state index contributed by atoms with van der Waals surface area (Å²) in [5.74, 6) is -0.351. The van der Waals surface area contributed by atoms with Crippen LogP contribution in [0.2, 0.25) is 0 Å². The summed E-state index contributed by atoms with van der Waals surface area (Å²) >= 11 is 0. The lowest BCUT2D eigenvalue weighted by Gasteiger charge is -2.34. The maximum absolute atomic E-state index is 12.4. The van der Waals surface area contributed by atoms with Gasteiger partial charge in [0, 0.05) is 31.9 Å². The lowest BCUT2D eigenvalue weighted by molar-refractivity contribution is 0.0526. The molecule has 0 spiro atoms. The summed E-state index contributed by atoms with van der Waals surface area (Å²) in [6.45, 7) is 7.55. The number of hydrogen-bond acceptors (Lipinski definition) is 5. The van der Waals surface area contributed by atoms with Crippen molar-refractivity contribution in [1.82, 2.24) is 14.7 Å². The van der Waals surface area contributed by atoms with Gasteiger partial charge in [0.1, 0.15) is 0 Å². The van der Waals surface area contributed by atoms with E-state index in [2.05, 4.69) is 29.2 Å². The van der Waals surface area contributed by atoms with Crippen LogP contribution in [0.5, 0.6) is 0 Å². The molecule has 0 bridgehead atoms. The van der Waals surface area contributed by atoms with E-state index < -0.39 is 0 Å². The predicted molar refractivity (Wildman–Crippen MR) is 103 cm³/mol. The van der Waals surface area contributed by atoms with E-state index in [4.69, 9.17) is 4.74 Å². The van der Waals surface area contributed by atoms with Crippen molar-refractivity contribution in [2.45, 2.75) is 13.3 Å². The molecule has 2 rings (SSSR count). The van der Waals surface area contributed by atoms with Gasteiger partial charge in [-0.3, -0.25) is 4.90 Å². The Labute approximate surface area is 155 Å². The fourth-order valence-corrected chi connectivity index (χ4v) is 2.89. The molecule has 0 aromatic heterocycles. The molecule has 0 aliphatic carbocycles. The van der Waals surface area contributed by atoms with E-state index in [1.54, 1.807) is 31.2 Å². The van der Waals surface area contributed by atoms with E-state index in [1.165, 1.54) is 0 Å². The number of hydrogen-bond donors (Lipinski definition) is 1. The maximum atomic E-state index is 12.4. The lowest BCUT2D eigenvalue weighted by atomic mass is 10.2. The normalized spacial score (nSPS) is 15.2. The van der Waals surface area contributed by atoms with E-state index >= 15 is 0 Å². The van der Waals surface area contributed by atoms with Crippen LogP contribution in [0.15, 0.2) is 24.3 Å². The molecule has 2 amide bonds. The minimum Gasteiger partial charge on any atom is -0.462 e. The van der Waals surface area contributed by atoms with Crippen LogP contribution in [0.3, 0.4) is 0 Å². The second-order valence-corrected chi connectivity index (χ2v) is 6.71. The van der Waals surface area contributed by atoms with Gasteiger partial charge in [-0.2, -0.15) is 0 Å². The molecular weight excluding hydrogens is 332 g/mol. The van der Waals surface area contributed by atoms with Gasteiger partial charge in [0.05, 0.1) is 12.2 Å². The van der Waals surface area contributed by atoms with Gasteiger partial charge in [0.2, 0.25) is 0 Å². The Balaban J connectivity index is 1.76. The van der Waals surface area contributed by atoms with Crippen molar-refractivity contribution in [3.63, 3.8) is 0 Å². The van der Waals surface area contributed by atoms with Crippen LogP contribution in [0.1, 0.15) is 23.7 Å². The predicted octanol–water partition coefficient (Wildman–Crippen LogP) is 1.96. The van der Waals surface area contributed by atoms with Crippen molar-refractivity contribution in [2.24, 2.45) is 0 Å². The van der Waals surface area contributed by atoms with Crippen LogP contribution >= 0.6 is 0 Å². The molecule has 1 fully saturated rings. The highest BCUT2D eigenvalue weighted by Gasteiger charge is 2.20. The van der Waals surface area contributed by atoms with E-state index in [0.717, 1.165) is 45.7 Å². The van der Waals surface area contributed by atoms with E-state index in [0.29, 0.717) is 17.9 Å². The number of nitrogens with one attached hydrogen (secondary N) is 1. The highest BCUT2D eigenvalue weighted by Crippen LogP contribution is 2.12. The van der Waals surface area contributed by atoms with Crippen LogP contribution in [0.25, 0.3) is 0 Å². The van der Waals surface area contributed by atoms with Gasteiger partial charge in [0.25, 0.3) is 0 Å². The smallest absolute Gasteiger partial charge is 0.338 e. The number of ether oxygens (including phenoxy) is 1. The summed E-state index contributed by atoms with van der Waals surface area (Å²) in [7, 11) is 4.17. The van der Waals surface area contributed by atoms with E-state index in [1.807, 2.05) is 4.90 Å². The molecule has 26 heavy (non-hydrogen) atoms. The fraction of sp³-hybridized carbons (Fsp3) is 0.579. The SMILES string of the molecule is CCOC(=O)c1ccc(NC(=O)N2CCN(CCCN(C)C)CC2)cc1. The molecule has 1 heterocycles. The van der Waals surface area contributed by atoms with E-state index in [9.17, 15) is 9.59 Å². The Kier molecular flexibility index (Phi) is 7.87. The Morgan fingerprint density at radius 2 is 1.77 bits per heavy atom.